The van der Waals surface area contributed by atoms with Gasteiger partial charge in [0.05, 0.1) is 22.5 Å². The lowest BCUT2D eigenvalue weighted by atomic mass is 10.1. The normalized spacial score (nSPS) is 12.6. The van der Waals surface area contributed by atoms with Crippen LogP contribution >= 0.6 is 0 Å². The van der Waals surface area contributed by atoms with Crippen LogP contribution in [0.15, 0.2) is 65.6 Å². The molecule has 10 heteroatoms. The average molecular weight is 530 g/mol. The SMILES string of the molecule is Cc1ccc(NS(=O)(=O)c2ccc(NC(=O)[C@H](C)N(c3cc(C)ccc3C)S(C)(=O)=O)cc2)c(C)c1. The lowest BCUT2D eigenvalue weighted by molar-refractivity contribution is -0.116. The summed E-state index contributed by atoms with van der Waals surface area (Å²) in [5.74, 6) is -0.551. The number of sulfonamides is 2. The zero-order valence-electron chi connectivity index (χ0n) is 21.2. The van der Waals surface area contributed by atoms with Gasteiger partial charge in [-0.15, -0.1) is 0 Å². The molecule has 0 aliphatic carbocycles. The highest BCUT2D eigenvalue weighted by Gasteiger charge is 2.30. The molecule has 0 saturated heterocycles. The van der Waals surface area contributed by atoms with Crippen LogP contribution in [0.2, 0.25) is 0 Å². The van der Waals surface area contributed by atoms with E-state index in [0.29, 0.717) is 17.1 Å². The smallest absolute Gasteiger partial charge is 0.261 e. The molecule has 0 aliphatic rings. The number of benzene rings is 3. The average Bonchev–Trinajstić information content (AvgIpc) is 2.77. The summed E-state index contributed by atoms with van der Waals surface area (Å²) in [7, 11) is -7.61. The fourth-order valence-electron chi connectivity index (χ4n) is 3.83. The van der Waals surface area contributed by atoms with E-state index in [0.717, 1.165) is 32.8 Å². The van der Waals surface area contributed by atoms with Crippen molar-refractivity contribution in [1.29, 1.82) is 0 Å². The van der Waals surface area contributed by atoms with Gasteiger partial charge in [0.1, 0.15) is 6.04 Å². The van der Waals surface area contributed by atoms with E-state index in [1.807, 2.05) is 39.0 Å². The maximum atomic E-state index is 13.0. The third-order valence-electron chi connectivity index (χ3n) is 5.75. The Morgan fingerprint density at radius 1 is 0.806 bits per heavy atom. The molecule has 0 aliphatic heterocycles. The van der Waals surface area contributed by atoms with Crippen LogP contribution in [0.4, 0.5) is 17.1 Å². The lowest BCUT2D eigenvalue weighted by Gasteiger charge is -2.29. The molecule has 0 aromatic heterocycles. The van der Waals surface area contributed by atoms with Gasteiger partial charge < -0.3 is 5.32 Å². The second-order valence-corrected chi connectivity index (χ2v) is 12.5. The number of amides is 1. The fraction of sp³-hybridized carbons (Fsp3) is 0.269. The Morgan fingerprint density at radius 3 is 1.97 bits per heavy atom. The van der Waals surface area contributed by atoms with Crippen LogP contribution in [0, 0.1) is 27.7 Å². The summed E-state index contributed by atoms with van der Waals surface area (Å²) < 4.78 is 54.6. The van der Waals surface area contributed by atoms with E-state index in [2.05, 4.69) is 10.0 Å². The molecule has 8 nitrogen and oxygen atoms in total. The predicted octanol–water partition coefficient (Wildman–Crippen LogP) is 4.51. The summed E-state index contributed by atoms with van der Waals surface area (Å²) in [5, 5.41) is 2.68. The van der Waals surface area contributed by atoms with Gasteiger partial charge in [-0.1, -0.05) is 29.8 Å². The number of nitrogens with one attached hydrogen (secondary N) is 2. The first-order valence-corrected chi connectivity index (χ1v) is 14.6. The molecule has 36 heavy (non-hydrogen) atoms. The van der Waals surface area contributed by atoms with Gasteiger partial charge in [-0.2, -0.15) is 0 Å². The number of rotatable bonds is 8. The highest BCUT2D eigenvalue weighted by Crippen LogP contribution is 2.27. The molecule has 1 atom stereocenters. The molecule has 2 N–H and O–H groups in total. The standard InChI is InChI=1S/C26H31N3O5S2/c1-17-8-14-24(20(4)15-17)28-36(33,34)23-12-10-22(11-13-23)27-26(30)21(5)29(35(6,31)32)25-16-18(2)7-9-19(25)3/h7-16,21,28H,1-6H3,(H,27,30)/t21-/m0/s1. The summed E-state index contributed by atoms with van der Waals surface area (Å²) in [6.45, 7) is 8.88. The highest BCUT2D eigenvalue weighted by atomic mass is 32.2. The van der Waals surface area contributed by atoms with Gasteiger partial charge in [0, 0.05) is 5.69 Å². The van der Waals surface area contributed by atoms with E-state index in [1.54, 1.807) is 25.1 Å². The second kappa shape index (κ2) is 10.3. The van der Waals surface area contributed by atoms with Crippen molar-refractivity contribution in [1.82, 2.24) is 0 Å². The summed E-state index contributed by atoms with van der Waals surface area (Å²) in [6, 6.07) is 15.5. The molecule has 3 aromatic carbocycles. The third-order valence-corrected chi connectivity index (χ3v) is 8.36. The summed E-state index contributed by atoms with van der Waals surface area (Å²) in [5.41, 5.74) is 4.66. The van der Waals surface area contributed by atoms with E-state index in [9.17, 15) is 21.6 Å². The quantitative estimate of drug-likeness (QED) is 0.446. The van der Waals surface area contributed by atoms with Crippen LogP contribution in [-0.2, 0) is 24.8 Å². The van der Waals surface area contributed by atoms with Gasteiger partial charge >= 0.3 is 0 Å². The topological polar surface area (TPSA) is 113 Å². The molecule has 0 unspecified atom stereocenters. The molecule has 0 saturated carbocycles. The molecule has 1 amide bonds. The van der Waals surface area contributed by atoms with Gasteiger partial charge in [-0.05, 0) is 87.7 Å². The zero-order valence-corrected chi connectivity index (χ0v) is 22.8. The van der Waals surface area contributed by atoms with Gasteiger partial charge in [0.2, 0.25) is 15.9 Å². The number of carbonyl (C=O) groups excluding carboxylic acids is 1. The van der Waals surface area contributed by atoms with Crippen molar-refractivity contribution in [2.75, 3.05) is 20.6 Å². The van der Waals surface area contributed by atoms with Crippen molar-refractivity contribution in [3.8, 4) is 0 Å². The maximum absolute atomic E-state index is 13.0. The largest absolute Gasteiger partial charge is 0.324 e. The Morgan fingerprint density at radius 2 is 1.39 bits per heavy atom. The molecular weight excluding hydrogens is 498 g/mol. The van der Waals surface area contributed by atoms with Crippen LogP contribution in [0.25, 0.3) is 0 Å². The van der Waals surface area contributed by atoms with Crippen LogP contribution in [-0.4, -0.2) is 35.0 Å². The van der Waals surface area contributed by atoms with Crippen molar-refractivity contribution >= 4 is 43.0 Å². The zero-order chi connectivity index (χ0) is 26.8. The van der Waals surface area contributed by atoms with E-state index >= 15 is 0 Å². The predicted molar refractivity (Wildman–Crippen MR) is 144 cm³/mol. The Kier molecular flexibility index (Phi) is 7.80. The van der Waals surface area contributed by atoms with E-state index in [1.165, 1.54) is 31.2 Å². The van der Waals surface area contributed by atoms with Crippen LogP contribution in [0.3, 0.4) is 0 Å². The van der Waals surface area contributed by atoms with Crippen molar-refractivity contribution in [2.24, 2.45) is 0 Å². The summed E-state index contributed by atoms with van der Waals surface area (Å²) in [4.78, 5) is 13.0. The molecule has 0 bridgehead atoms. The first-order valence-electron chi connectivity index (χ1n) is 11.3. The summed E-state index contributed by atoms with van der Waals surface area (Å²) in [6.07, 6.45) is 1.06. The molecule has 3 aromatic rings. The highest BCUT2D eigenvalue weighted by molar-refractivity contribution is 7.92. The number of nitrogens with zero attached hydrogens (tertiary/aromatic N) is 1. The molecule has 0 radical (unpaired) electrons. The minimum absolute atomic E-state index is 0.0293. The molecule has 0 heterocycles. The Balaban J connectivity index is 1.80. The molecule has 0 spiro atoms. The maximum Gasteiger partial charge on any atom is 0.261 e. The van der Waals surface area contributed by atoms with Crippen LogP contribution in [0.5, 0.6) is 0 Å². The van der Waals surface area contributed by atoms with Gasteiger partial charge in [0.15, 0.2) is 0 Å². The molecule has 0 fully saturated rings. The monoisotopic (exact) mass is 529 g/mol. The van der Waals surface area contributed by atoms with E-state index < -0.39 is 32.0 Å². The molecular formula is C26H31N3O5S2. The van der Waals surface area contributed by atoms with Crippen molar-refractivity contribution in [3.05, 3.63) is 82.9 Å². The summed E-state index contributed by atoms with van der Waals surface area (Å²) >= 11 is 0. The van der Waals surface area contributed by atoms with Gasteiger partial charge in [-0.25, -0.2) is 16.8 Å². The molecule has 3 rings (SSSR count). The number of aryl methyl sites for hydroxylation is 4. The Hall–Kier alpha value is -3.37. The first kappa shape index (κ1) is 27.2. The minimum atomic E-state index is -3.84. The van der Waals surface area contributed by atoms with Crippen molar-refractivity contribution in [3.63, 3.8) is 0 Å². The molecule has 192 valence electrons. The fourth-order valence-corrected chi connectivity index (χ4v) is 6.19. The van der Waals surface area contributed by atoms with Crippen LogP contribution < -0.4 is 14.3 Å². The number of carbonyl (C=O) groups is 1. The first-order chi connectivity index (χ1) is 16.7. The van der Waals surface area contributed by atoms with Gasteiger partial charge in [-0.3, -0.25) is 13.8 Å². The number of hydrogen-bond donors (Lipinski definition) is 2. The minimum Gasteiger partial charge on any atom is -0.324 e. The van der Waals surface area contributed by atoms with E-state index in [4.69, 9.17) is 0 Å². The second-order valence-electron chi connectivity index (χ2n) is 8.96. The lowest BCUT2D eigenvalue weighted by Crippen LogP contribution is -2.45. The third kappa shape index (κ3) is 6.24. The Labute approximate surface area is 213 Å². The number of anilines is 3. The Bertz CT molecular complexity index is 1500. The van der Waals surface area contributed by atoms with E-state index in [-0.39, 0.29) is 4.90 Å². The van der Waals surface area contributed by atoms with Crippen molar-refractivity contribution < 1.29 is 21.6 Å². The van der Waals surface area contributed by atoms with Gasteiger partial charge in [0.25, 0.3) is 10.0 Å². The number of hydrogen-bond acceptors (Lipinski definition) is 5. The van der Waals surface area contributed by atoms with Crippen molar-refractivity contribution in [2.45, 2.75) is 45.6 Å². The van der Waals surface area contributed by atoms with Crippen LogP contribution in [0.1, 0.15) is 29.2 Å².